The molecule has 0 radical (unpaired) electrons. The molecular formula is C20H22F3N3O2. The first kappa shape index (κ1) is 21.4. The molecule has 8 heteroatoms. The Kier molecular flexibility index (Phi) is 7.17. The lowest BCUT2D eigenvalue weighted by atomic mass is 9.99. The van der Waals surface area contributed by atoms with Crippen molar-refractivity contribution in [3.05, 3.63) is 65.2 Å². The van der Waals surface area contributed by atoms with Crippen molar-refractivity contribution in [1.29, 1.82) is 0 Å². The topological polar surface area (TPSA) is 84.2 Å². The molecule has 0 spiro atoms. The zero-order chi connectivity index (χ0) is 20.7. The molecule has 0 saturated heterocycles. The summed E-state index contributed by atoms with van der Waals surface area (Å²) in [5.41, 5.74) is 5.93. The Labute approximate surface area is 161 Å². The van der Waals surface area contributed by atoms with E-state index in [1.54, 1.807) is 31.2 Å². The Hall–Kier alpha value is -2.87. The first-order valence-corrected chi connectivity index (χ1v) is 8.76. The van der Waals surface area contributed by atoms with Crippen LogP contribution in [0, 0.1) is 5.92 Å². The van der Waals surface area contributed by atoms with Crippen LogP contribution >= 0.6 is 0 Å². The third kappa shape index (κ3) is 5.82. The molecule has 150 valence electrons. The van der Waals surface area contributed by atoms with Crippen LogP contribution in [0.3, 0.4) is 0 Å². The van der Waals surface area contributed by atoms with Crippen molar-refractivity contribution < 1.29 is 22.8 Å². The SMILES string of the molecule is CC(Cc1ccc(C(F)(F)F)cc1)C(=O)Nc1ccccc1C(=O)NCCN. The minimum absolute atomic E-state index is 0.269. The van der Waals surface area contributed by atoms with Gasteiger partial charge in [0.05, 0.1) is 16.8 Å². The maximum Gasteiger partial charge on any atom is 0.416 e. The summed E-state index contributed by atoms with van der Waals surface area (Å²) in [6, 6.07) is 11.3. The van der Waals surface area contributed by atoms with Gasteiger partial charge < -0.3 is 16.4 Å². The van der Waals surface area contributed by atoms with Crippen LogP contribution in [0.4, 0.5) is 18.9 Å². The van der Waals surface area contributed by atoms with Gasteiger partial charge in [0.25, 0.3) is 5.91 Å². The van der Waals surface area contributed by atoms with Crippen LogP contribution in [0.1, 0.15) is 28.4 Å². The molecular weight excluding hydrogens is 371 g/mol. The molecule has 5 nitrogen and oxygen atoms in total. The van der Waals surface area contributed by atoms with Crippen LogP contribution in [0.2, 0.25) is 0 Å². The molecule has 1 unspecified atom stereocenters. The van der Waals surface area contributed by atoms with Crippen molar-refractivity contribution in [1.82, 2.24) is 5.32 Å². The number of para-hydroxylation sites is 1. The van der Waals surface area contributed by atoms with Crippen LogP contribution in [-0.4, -0.2) is 24.9 Å². The number of rotatable bonds is 7. The first-order valence-electron chi connectivity index (χ1n) is 8.76. The molecule has 0 aromatic heterocycles. The second kappa shape index (κ2) is 9.36. The van der Waals surface area contributed by atoms with E-state index in [2.05, 4.69) is 10.6 Å². The molecule has 0 aliphatic carbocycles. The Morgan fingerprint density at radius 1 is 1.07 bits per heavy atom. The number of nitrogens with one attached hydrogen (secondary N) is 2. The van der Waals surface area contributed by atoms with Crippen molar-refractivity contribution in [2.24, 2.45) is 11.7 Å². The Balaban J connectivity index is 2.04. The third-order valence-electron chi connectivity index (χ3n) is 4.13. The molecule has 2 aromatic carbocycles. The molecule has 0 saturated carbocycles. The highest BCUT2D eigenvalue weighted by Crippen LogP contribution is 2.29. The number of hydrogen-bond acceptors (Lipinski definition) is 3. The standard InChI is InChI=1S/C20H22F3N3O2/c1-13(12-14-6-8-15(9-7-14)20(21,22)23)18(27)26-17-5-3-2-4-16(17)19(28)25-11-10-24/h2-9,13H,10-12,24H2,1H3,(H,25,28)(H,26,27). The van der Waals surface area contributed by atoms with Crippen molar-refractivity contribution in [2.75, 3.05) is 18.4 Å². The predicted octanol–water partition coefficient (Wildman–Crippen LogP) is 3.21. The normalized spacial score (nSPS) is 12.3. The largest absolute Gasteiger partial charge is 0.416 e. The lowest BCUT2D eigenvalue weighted by molar-refractivity contribution is -0.137. The number of hydrogen-bond donors (Lipinski definition) is 3. The van der Waals surface area contributed by atoms with Gasteiger partial charge in [-0.15, -0.1) is 0 Å². The maximum atomic E-state index is 12.6. The van der Waals surface area contributed by atoms with E-state index in [9.17, 15) is 22.8 Å². The van der Waals surface area contributed by atoms with E-state index in [4.69, 9.17) is 5.73 Å². The zero-order valence-corrected chi connectivity index (χ0v) is 15.3. The molecule has 2 rings (SSSR count). The Morgan fingerprint density at radius 2 is 1.71 bits per heavy atom. The first-order chi connectivity index (χ1) is 13.2. The molecule has 0 bridgehead atoms. The van der Waals surface area contributed by atoms with Crippen LogP contribution in [0.15, 0.2) is 48.5 Å². The van der Waals surface area contributed by atoms with Gasteiger partial charge in [0, 0.05) is 19.0 Å². The summed E-state index contributed by atoms with van der Waals surface area (Å²) in [5, 5.41) is 5.35. The van der Waals surface area contributed by atoms with Gasteiger partial charge in [0.2, 0.25) is 5.91 Å². The summed E-state index contributed by atoms with van der Waals surface area (Å²) in [6.07, 6.45) is -4.12. The second-order valence-corrected chi connectivity index (χ2v) is 6.38. The van der Waals surface area contributed by atoms with Crippen LogP contribution in [0.5, 0.6) is 0 Å². The number of benzene rings is 2. The summed E-state index contributed by atoms with van der Waals surface area (Å²) in [4.78, 5) is 24.7. The molecule has 2 aromatic rings. The van der Waals surface area contributed by atoms with Crippen LogP contribution < -0.4 is 16.4 Å². The quantitative estimate of drug-likeness (QED) is 0.675. The lowest BCUT2D eigenvalue weighted by Crippen LogP contribution is -2.30. The number of carbonyl (C=O) groups is 2. The minimum Gasteiger partial charge on any atom is -0.351 e. The Bertz CT molecular complexity index is 820. The van der Waals surface area contributed by atoms with Crippen LogP contribution in [-0.2, 0) is 17.4 Å². The number of halogens is 3. The van der Waals surface area contributed by atoms with E-state index in [0.29, 0.717) is 29.9 Å². The fraction of sp³-hybridized carbons (Fsp3) is 0.300. The van der Waals surface area contributed by atoms with Crippen LogP contribution in [0.25, 0.3) is 0 Å². The Morgan fingerprint density at radius 3 is 2.32 bits per heavy atom. The summed E-state index contributed by atoms with van der Waals surface area (Å²) < 4.78 is 37.9. The number of amides is 2. The van der Waals surface area contributed by atoms with E-state index in [0.717, 1.165) is 12.1 Å². The van der Waals surface area contributed by atoms with Crippen molar-refractivity contribution in [3.8, 4) is 0 Å². The third-order valence-corrected chi connectivity index (χ3v) is 4.13. The summed E-state index contributed by atoms with van der Waals surface area (Å²) in [7, 11) is 0. The van der Waals surface area contributed by atoms with Gasteiger partial charge in [-0.2, -0.15) is 13.2 Å². The van der Waals surface area contributed by atoms with E-state index < -0.39 is 17.7 Å². The lowest BCUT2D eigenvalue weighted by Gasteiger charge is -2.15. The van der Waals surface area contributed by atoms with Crippen molar-refractivity contribution in [3.63, 3.8) is 0 Å². The molecule has 0 aliphatic rings. The van der Waals surface area contributed by atoms with E-state index in [1.165, 1.54) is 12.1 Å². The highest BCUT2D eigenvalue weighted by molar-refractivity contribution is 6.04. The molecule has 0 aliphatic heterocycles. The average Bonchev–Trinajstić information content (AvgIpc) is 2.66. The van der Waals surface area contributed by atoms with Gasteiger partial charge in [0.15, 0.2) is 0 Å². The van der Waals surface area contributed by atoms with Gasteiger partial charge in [-0.1, -0.05) is 31.2 Å². The fourth-order valence-corrected chi connectivity index (χ4v) is 2.60. The second-order valence-electron chi connectivity index (χ2n) is 6.38. The average molecular weight is 393 g/mol. The summed E-state index contributed by atoms with van der Waals surface area (Å²) in [5.74, 6) is -1.19. The predicted molar refractivity (Wildman–Crippen MR) is 101 cm³/mol. The summed E-state index contributed by atoms with van der Waals surface area (Å²) in [6.45, 7) is 2.28. The molecule has 0 heterocycles. The minimum atomic E-state index is -4.39. The fourth-order valence-electron chi connectivity index (χ4n) is 2.60. The van der Waals surface area contributed by atoms with E-state index >= 15 is 0 Å². The maximum absolute atomic E-state index is 12.6. The number of alkyl halides is 3. The van der Waals surface area contributed by atoms with Gasteiger partial charge in [-0.05, 0) is 36.2 Å². The van der Waals surface area contributed by atoms with E-state index in [1.807, 2.05) is 0 Å². The number of anilines is 1. The van der Waals surface area contributed by atoms with Gasteiger partial charge in [-0.3, -0.25) is 9.59 Å². The summed E-state index contributed by atoms with van der Waals surface area (Å²) >= 11 is 0. The van der Waals surface area contributed by atoms with Gasteiger partial charge in [0.1, 0.15) is 0 Å². The van der Waals surface area contributed by atoms with E-state index in [-0.39, 0.29) is 18.2 Å². The molecule has 28 heavy (non-hydrogen) atoms. The van der Waals surface area contributed by atoms with Gasteiger partial charge in [-0.25, -0.2) is 0 Å². The molecule has 4 N–H and O–H groups in total. The monoisotopic (exact) mass is 393 g/mol. The highest BCUT2D eigenvalue weighted by atomic mass is 19.4. The zero-order valence-electron chi connectivity index (χ0n) is 15.3. The molecule has 1 atom stereocenters. The van der Waals surface area contributed by atoms with Crippen molar-refractivity contribution >= 4 is 17.5 Å². The number of carbonyl (C=O) groups excluding carboxylic acids is 2. The smallest absolute Gasteiger partial charge is 0.351 e. The van der Waals surface area contributed by atoms with Crippen molar-refractivity contribution in [2.45, 2.75) is 19.5 Å². The highest BCUT2D eigenvalue weighted by Gasteiger charge is 2.30. The van der Waals surface area contributed by atoms with Gasteiger partial charge >= 0.3 is 6.18 Å². The molecule has 0 fully saturated rings. The molecule has 2 amide bonds. The number of nitrogens with two attached hydrogens (primary N) is 1.